The molecule has 0 aromatic carbocycles. The van der Waals surface area contributed by atoms with Crippen LogP contribution in [0.25, 0.3) is 0 Å². The van der Waals surface area contributed by atoms with Gasteiger partial charge in [-0.15, -0.1) is 0 Å². The largest absolute Gasteiger partial charge is 0.289 e. The first kappa shape index (κ1) is 7.53. The molecule has 1 aliphatic heterocycles. The third-order valence-corrected chi connectivity index (χ3v) is 2.30. The number of aromatic amines is 1. The van der Waals surface area contributed by atoms with Crippen LogP contribution in [0, 0.1) is 6.92 Å². The van der Waals surface area contributed by atoms with Crippen molar-refractivity contribution in [3.05, 3.63) is 17.0 Å². The van der Waals surface area contributed by atoms with Crippen molar-refractivity contribution in [1.82, 2.24) is 10.2 Å². The van der Waals surface area contributed by atoms with Crippen molar-refractivity contribution in [3.63, 3.8) is 0 Å². The number of nitrogens with zero attached hydrogens (tertiary/aromatic N) is 2. The quantitative estimate of drug-likeness (QED) is 0.618. The van der Waals surface area contributed by atoms with Crippen LogP contribution >= 0.6 is 0 Å². The number of aryl methyl sites for hydroxylation is 2. The average Bonchev–Trinajstić information content (AvgIpc) is 2.29. The first-order chi connectivity index (χ1) is 5.79. The molecule has 1 aliphatic rings. The Labute approximate surface area is 71.9 Å². The molecule has 0 amide bonds. The van der Waals surface area contributed by atoms with Crippen LogP contribution in [0.5, 0.6) is 0 Å². The summed E-state index contributed by atoms with van der Waals surface area (Å²) in [5, 5.41) is 7.27. The maximum Gasteiger partial charge on any atom is 0.0716 e. The fourth-order valence-electron chi connectivity index (χ4n) is 1.71. The smallest absolute Gasteiger partial charge is 0.0716 e. The van der Waals surface area contributed by atoms with Crippen molar-refractivity contribution in [2.24, 2.45) is 4.99 Å². The van der Waals surface area contributed by atoms with Crippen LogP contribution in [0.2, 0.25) is 0 Å². The number of H-pyrrole nitrogens is 1. The molecule has 1 N–H and O–H groups in total. The molecule has 64 valence electrons. The molecule has 0 spiro atoms. The van der Waals surface area contributed by atoms with Gasteiger partial charge in [-0.25, -0.2) is 0 Å². The fourth-order valence-corrected chi connectivity index (χ4v) is 1.71. The van der Waals surface area contributed by atoms with Gasteiger partial charge in [0.2, 0.25) is 0 Å². The van der Waals surface area contributed by atoms with E-state index >= 15 is 0 Å². The highest BCUT2D eigenvalue weighted by molar-refractivity contribution is 6.00. The van der Waals surface area contributed by atoms with E-state index in [0.717, 1.165) is 30.8 Å². The second kappa shape index (κ2) is 2.73. The molecule has 0 radical (unpaired) electrons. The minimum atomic E-state index is 0.946. The van der Waals surface area contributed by atoms with E-state index in [0.29, 0.717) is 0 Å². The highest BCUT2D eigenvalue weighted by Crippen LogP contribution is 2.16. The molecule has 0 unspecified atom stereocenters. The molecule has 0 bridgehead atoms. The summed E-state index contributed by atoms with van der Waals surface area (Å²) in [6.45, 7) is 5.06. The fraction of sp³-hybridized carbons (Fsp3) is 0.556. The zero-order valence-electron chi connectivity index (χ0n) is 7.52. The molecule has 3 heteroatoms. The monoisotopic (exact) mass is 163 g/mol. The molecule has 0 saturated carbocycles. The number of hydrogen-bond donors (Lipinski definition) is 1. The summed E-state index contributed by atoms with van der Waals surface area (Å²) in [5.74, 6) is 0. The first-order valence-electron chi connectivity index (χ1n) is 4.34. The zero-order valence-corrected chi connectivity index (χ0v) is 7.52. The molecule has 0 atom stereocenters. The van der Waals surface area contributed by atoms with Gasteiger partial charge in [0.05, 0.1) is 5.69 Å². The summed E-state index contributed by atoms with van der Waals surface area (Å²) < 4.78 is 0. The molecule has 0 saturated heterocycles. The van der Waals surface area contributed by atoms with Crippen molar-refractivity contribution in [2.75, 3.05) is 6.54 Å². The summed E-state index contributed by atoms with van der Waals surface area (Å²) >= 11 is 0. The van der Waals surface area contributed by atoms with E-state index in [9.17, 15) is 0 Å². The summed E-state index contributed by atoms with van der Waals surface area (Å²) in [5.41, 5.74) is 4.71. The number of aliphatic imine (C=N–C) groups is 1. The number of fused-ring (bicyclic) bond motifs is 1. The van der Waals surface area contributed by atoms with Crippen LogP contribution < -0.4 is 0 Å². The Morgan fingerprint density at radius 2 is 2.17 bits per heavy atom. The molecular formula is C9H13N3. The summed E-state index contributed by atoms with van der Waals surface area (Å²) in [6, 6.07) is 0. The van der Waals surface area contributed by atoms with Crippen LogP contribution in [-0.4, -0.2) is 22.5 Å². The van der Waals surface area contributed by atoms with Crippen LogP contribution in [0.15, 0.2) is 4.99 Å². The lowest BCUT2D eigenvalue weighted by Crippen LogP contribution is -1.97. The Hall–Kier alpha value is -1.12. The number of rotatable bonds is 0. The molecule has 1 aromatic rings. The minimum absolute atomic E-state index is 0.946. The van der Waals surface area contributed by atoms with E-state index in [2.05, 4.69) is 29.0 Å². The van der Waals surface area contributed by atoms with Crippen LogP contribution in [0.3, 0.4) is 0 Å². The molecule has 1 aromatic heterocycles. The third kappa shape index (κ3) is 1.05. The highest BCUT2D eigenvalue weighted by atomic mass is 15.1. The van der Waals surface area contributed by atoms with Crippen molar-refractivity contribution in [3.8, 4) is 0 Å². The average molecular weight is 163 g/mol. The molecule has 2 rings (SSSR count). The third-order valence-electron chi connectivity index (χ3n) is 2.30. The number of aromatic nitrogens is 2. The predicted molar refractivity (Wildman–Crippen MR) is 48.7 cm³/mol. The highest BCUT2D eigenvalue weighted by Gasteiger charge is 2.14. The maximum absolute atomic E-state index is 4.45. The van der Waals surface area contributed by atoms with Crippen molar-refractivity contribution < 1.29 is 0 Å². The van der Waals surface area contributed by atoms with E-state index in [1.807, 2.05) is 0 Å². The van der Waals surface area contributed by atoms with Gasteiger partial charge >= 0.3 is 0 Å². The van der Waals surface area contributed by atoms with Crippen LogP contribution in [-0.2, 0) is 6.42 Å². The van der Waals surface area contributed by atoms with Gasteiger partial charge in [0.25, 0.3) is 0 Å². The predicted octanol–water partition coefficient (Wildman–Crippen LogP) is 1.47. The second-order valence-corrected chi connectivity index (χ2v) is 3.24. The summed E-state index contributed by atoms with van der Waals surface area (Å²) in [6.07, 6.45) is 2.18. The Balaban J connectivity index is 2.55. The van der Waals surface area contributed by atoms with Crippen LogP contribution in [0.4, 0.5) is 0 Å². The second-order valence-electron chi connectivity index (χ2n) is 3.24. The Morgan fingerprint density at radius 1 is 1.33 bits per heavy atom. The summed E-state index contributed by atoms with van der Waals surface area (Å²) in [7, 11) is 0. The van der Waals surface area contributed by atoms with Gasteiger partial charge in [-0.2, -0.15) is 5.10 Å². The molecule has 12 heavy (non-hydrogen) atoms. The Bertz CT molecular complexity index is 323. The van der Waals surface area contributed by atoms with Crippen molar-refractivity contribution in [1.29, 1.82) is 0 Å². The first-order valence-corrected chi connectivity index (χ1v) is 4.34. The lowest BCUT2D eigenvalue weighted by molar-refractivity contribution is 0.812. The topological polar surface area (TPSA) is 41.0 Å². The summed E-state index contributed by atoms with van der Waals surface area (Å²) in [4.78, 5) is 4.45. The van der Waals surface area contributed by atoms with E-state index in [-0.39, 0.29) is 0 Å². The van der Waals surface area contributed by atoms with E-state index in [1.54, 1.807) is 0 Å². The standard InChI is InChI=1S/C9H13N3/c1-6-9-7(2)11-12-8(9)4-3-5-10-6/h3-5H2,1-2H3,(H,11,12). The molecular weight excluding hydrogens is 150 g/mol. The molecule has 2 heterocycles. The number of hydrogen-bond acceptors (Lipinski definition) is 2. The van der Waals surface area contributed by atoms with Crippen molar-refractivity contribution >= 4 is 5.71 Å². The van der Waals surface area contributed by atoms with E-state index < -0.39 is 0 Å². The molecule has 3 nitrogen and oxygen atoms in total. The van der Waals surface area contributed by atoms with Gasteiger partial charge in [-0.1, -0.05) is 0 Å². The zero-order chi connectivity index (χ0) is 8.55. The lowest BCUT2D eigenvalue weighted by atomic mass is 10.1. The van der Waals surface area contributed by atoms with Gasteiger partial charge < -0.3 is 0 Å². The normalized spacial score (nSPS) is 16.7. The van der Waals surface area contributed by atoms with Crippen molar-refractivity contribution in [2.45, 2.75) is 26.7 Å². The van der Waals surface area contributed by atoms with Gasteiger partial charge in [-0.05, 0) is 26.7 Å². The van der Waals surface area contributed by atoms with Gasteiger partial charge in [0.15, 0.2) is 0 Å². The molecule has 0 fully saturated rings. The van der Waals surface area contributed by atoms with E-state index in [1.165, 1.54) is 11.3 Å². The minimum Gasteiger partial charge on any atom is -0.289 e. The SMILES string of the molecule is CC1=NCCCc2n[nH]c(C)c21. The van der Waals surface area contributed by atoms with Gasteiger partial charge in [0.1, 0.15) is 0 Å². The lowest BCUT2D eigenvalue weighted by Gasteiger charge is -1.97. The molecule has 0 aliphatic carbocycles. The van der Waals surface area contributed by atoms with E-state index in [4.69, 9.17) is 0 Å². The number of nitrogens with one attached hydrogen (secondary N) is 1. The Morgan fingerprint density at radius 3 is 3.00 bits per heavy atom. The maximum atomic E-state index is 4.45. The van der Waals surface area contributed by atoms with Gasteiger partial charge in [-0.3, -0.25) is 10.1 Å². The van der Waals surface area contributed by atoms with Crippen LogP contribution in [0.1, 0.15) is 30.3 Å². The van der Waals surface area contributed by atoms with Gasteiger partial charge in [0, 0.05) is 23.5 Å². The Kier molecular flexibility index (Phi) is 1.71.